The van der Waals surface area contributed by atoms with E-state index in [4.69, 9.17) is 14.2 Å². The molecule has 0 heterocycles. The lowest BCUT2D eigenvalue weighted by Gasteiger charge is -2.12. The summed E-state index contributed by atoms with van der Waals surface area (Å²) in [5.41, 5.74) is 0. The summed E-state index contributed by atoms with van der Waals surface area (Å²) >= 11 is 0. The number of hydrogen-bond donors (Lipinski definition) is 0. The van der Waals surface area contributed by atoms with Crippen LogP contribution in [-0.4, -0.2) is 37.9 Å². The first-order valence-corrected chi connectivity index (χ1v) is 7.38. The maximum atomic E-state index is 11.3. The number of esters is 2. The number of carbonyl (C=O) groups excluding carboxylic acids is 2. The molecule has 0 spiro atoms. The molecule has 0 aromatic rings. The summed E-state index contributed by atoms with van der Waals surface area (Å²) in [6, 6.07) is 0. The summed E-state index contributed by atoms with van der Waals surface area (Å²) in [4.78, 5) is 22.6. The van der Waals surface area contributed by atoms with E-state index in [1.165, 1.54) is 0 Å². The second-order valence-corrected chi connectivity index (χ2v) is 5.34. The van der Waals surface area contributed by atoms with Crippen molar-refractivity contribution in [1.82, 2.24) is 0 Å². The Morgan fingerprint density at radius 3 is 2.25 bits per heavy atom. The van der Waals surface area contributed by atoms with Gasteiger partial charge in [0.1, 0.15) is 13.2 Å². The molecule has 0 saturated carbocycles. The van der Waals surface area contributed by atoms with Crippen molar-refractivity contribution >= 4 is 11.9 Å². The van der Waals surface area contributed by atoms with Crippen LogP contribution in [0.5, 0.6) is 0 Å². The predicted molar refractivity (Wildman–Crippen MR) is 76.3 cm³/mol. The molecule has 5 heteroatoms. The molecule has 0 radical (unpaired) electrons. The van der Waals surface area contributed by atoms with Gasteiger partial charge < -0.3 is 14.2 Å². The number of hydrogen-bond acceptors (Lipinski definition) is 5. The van der Waals surface area contributed by atoms with Crippen molar-refractivity contribution in [3.05, 3.63) is 0 Å². The molecule has 0 aliphatic heterocycles. The largest absolute Gasteiger partial charge is 0.464 e. The standard InChI is InChI=1S/C15H28O5/c1-5-7-13(4)20-15(17)11-18-10-14(16)19-9-6-8-12(2)3/h12-13H,5-11H2,1-4H3. The van der Waals surface area contributed by atoms with Crippen LogP contribution in [0.4, 0.5) is 0 Å². The Morgan fingerprint density at radius 1 is 1.00 bits per heavy atom. The van der Waals surface area contributed by atoms with Gasteiger partial charge in [0, 0.05) is 0 Å². The molecule has 0 rings (SSSR count). The Labute approximate surface area is 122 Å². The van der Waals surface area contributed by atoms with Gasteiger partial charge in [-0.05, 0) is 32.1 Å². The highest BCUT2D eigenvalue weighted by atomic mass is 16.6. The Morgan fingerprint density at radius 2 is 1.65 bits per heavy atom. The van der Waals surface area contributed by atoms with Crippen molar-refractivity contribution in [3.63, 3.8) is 0 Å². The van der Waals surface area contributed by atoms with Crippen molar-refractivity contribution in [2.24, 2.45) is 5.92 Å². The lowest BCUT2D eigenvalue weighted by atomic mass is 10.1. The van der Waals surface area contributed by atoms with E-state index in [-0.39, 0.29) is 19.3 Å². The Kier molecular flexibility index (Phi) is 11.1. The van der Waals surface area contributed by atoms with Crippen LogP contribution < -0.4 is 0 Å². The molecule has 20 heavy (non-hydrogen) atoms. The molecular weight excluding hydrogens is 260 g/mol. The van der Waals surface area contributed by atoms with Crippen LogP contribution in [0.15, 0.2) is 0 Å². The molecule has 0 amide bonds. The van der Waals surface area contributed by atoms with Crippen LogP contribution in [0, 0.1) is 5.92 Å². The third-order valence-electron chi connectivity index (χ3n) is 2.66. The molecule has 0 fully saturated rings. The molecule has 5 nitrogen and oxygen atoms in total. The average molecular weight is 288 g/mol. The van der Waals surface area contributed by atoms with E-state index in [1.807, 2.05) is 13.8 Å². The third kappa shape index (κ3) is 12.0. The second-order valence-electron chi connectivity index (χ2n) is 5.34. The van der Waals surface area contributed by atoms with Crippen LogP contribution in [0.2, 0.25) is 0 Å². The summed E-state index contributed by atoms with van der Waals surface area (Å²) in [7, 11) is 0. The first kappa shape index (κ1) is 18.9. The van der Waals surface area contributed by atoms with Crippen LogP contribution >= 0.6 is 0 Å². The van der Waals surface area contributed by atoms with Gasteiger partial charge in [-0.25, -0.2) is 9.59 Å². The van der Waals surface area contributed by atoms with E-state index in [9.17, 15) is 9.59 Å². The normalized spacial score (nSPS) is 12.2. The molecule has 0 aromatic heterocycles. The van der Waals surface area contributed by atoms with Gasteiger partial charge in [-0.15, -0.1) is 0 Å². The summed E-state index contributed by atoms with van der Waals surface area (Å²) in [5, 5.41) is 0. The SMILES string of the molecule is CCCC(C)OC(=O)COCC(=O)OCCCC(C)C. The van der Waals surface area contributed by atoms with Crippen molar-refractivity contribution in [2.75, 3.05) is 19.8 Å². The topological polar surface area (TPSA) is 61.8 Å². The predicted octanol–water partition coefficient (Wildman–Crippen LogP) is 2.71. The molecule has 0 N–H and O–H groups in total. The zero-order valence-corrected chi connectivity index (χ0v) is 13.1. The fraction of sp³-hybridized carbons (Fsp3) is 0.867. The molecule has 0 aliphatic rings. The lowest BCUT2D eigenvalue weighted by molar-refractivity contribution is -0.158. The first-order chi connectivity index (χ1) is 9.45. The highest BCUT2D eigenvalue weighted by molar-refractivity contribution is 5.73. The molecule has 1 unspecified atom stereocenters. The van der Waals surface area contributed by atoms with Gasteiger partial charge in [0.05, 0.1) is 12.7 Å². The van der Waals surface area contributed by atoms with E-state index < -0.39 is 11.9 Å². The lowest BCUT2D eigenvalue weighted by Crippen LogP contribution is -2.22. The number of ether oxygens (including phenoxy) is 3. The van der Waals surface area contributed by atoms with E-state index in [2.05, 4.69) is 13.8 Å². The highest BCUT2D eigenvalue weighted by Gasteiger charge is 2.10. The van der Waals surface area contributed by atoms with Gasteiger partial charge in [0.15, 0.2) is 0 Å². The molecule has 0 aliphatic carbocycles. The minimum absolute atomic E-state index is 0.112. The Balaban J connectivity index is 3.53. The average Bonchev–Trinajstić information content (AvgIpc) is 2.34. The van der Waals surface area contributed by atoms with Crippen molar-refractivity contribution < 1.29 is 23.8 Å². The maximum Gasteiger partial charge on any atom is 0.332 e. The zero-order chi connectivity index (χ0) is 15.4. The summed E-state index contributed by atoms with van der Waals surface area (Å²) in [6.45, 7) is 8.08. The molecule has 0 aromatic carbocycles. The minimum atomic E-state index is -0.446. The number of rotatable bonds is 11. The smallest absolute Gasteiger partial charge is 0.332 e. The van der Waals surface area contributed by atoms with E-state index >= 15 is 0 Å². The quantitative estimate of drug-likeness (QED) is 0.432. The van der Waals surface area contributed by atoms with Crippen LogP contribution in [0.3, 0.4) is 0 Å². The van der Waals surface area contributed by atoms with Gasteiger partial charge in [0.2, 0.25) is 0 Å². The molecular formula is C15H28O5. The number of carbonyl (C=O) groups is 2. The van der Waals surface area contributed by atoms with Crippen LogP contribution in [0.25, 0.3) is 0 Å². The molecule has 1 atom stereocenters. The Bertz CT molecular complexity index is 275. The molecule has 118 valence electrons. The summed E-state index contributed by atoms with van der Waals surface area (Å²) < 4.78 is 15.0. The van der Waals surface area contributed by atoms with E-state index in [0.29, 0.717) is 12.5 Å². The van der Waals surface area contributed by atoms with E-state index in [1.54, 1.807) is 0 Å². The summed E-state index contributed by atoms with van der Waals surface area (Å²) in [5.74, 6) is -0.286. The van der Waals surface area contributed by atoms with Crippen LogP contribution in [0.1, 0.15) is 53.4 Å². The van der Waals surface area contributed by atoms with Crippen molar-refractivity contribution in [2.45, 2.75) is 59.5 Å². The Hall–Kier alpha value is -1.10. The zero-order valence-electron chi connectivity index (χ0n) is 13.1. The van der Waals surface area contributed by atoms with Gasteiger partial charge in [-0.1, -0.05) is 27.2 Å². The van der Waals surface area contributed by atoms with Gasteiger partial charge >= 0.3 is 11.9 Å². The van der Waals surface area contributed by atoms with Crippen molar-refractivity contribution in [3.8, 4) is 0 Å². The first-order valence-electron chi connectivity index (χ1n) is 7.38. The van der Waals surface area contributed by atoms with E-state index in [0.717, 1.165) is 25.7 Å². The fourth-order valence-electron chi connectivity index (χ4n) is 1.66. The fourth-order valence-corrected chi connectivity index (χ4v) is 1.66. The molecule has 0 saturated heterocycles. The third-order valence-corrected chi connectivity index (χ3v) is 2.66. The maximum absolute atomic E-state index is 11.3. The minimum Gasteiger partial charge on any atom is -0.464 e. The molecule has 0 bridgehead atoms. The van der Waals surface area contributed by atoms with Gasteiger partial charge in [0.25, 0.3) is 0 Å². The van der Waals surface area contributed by atoms with Crippen molar-refractivity contribution in [1.29, 1.82) is 0 Å². The van der Waals surface area contributed by atoms with Gasteiger partial charge in [-0.2, -0.15) is 0 Å². The van der Waals surface area contributed by atoms with Crippen LogP contribution in [-0.2, 0) is 23.8 Å². The monoisotopic (exact) mass is 288 g/mol. The van der Waals surface area contributed by atoms with Gasteiger partial charge in [-0.3, -0.25) is 0 Å². The second kappa shape index (κ2) is 11.7. The highest BCUT2D eigenvalue weighted by Crippen LogP contribution is 2.03. The summed E-state index contributed by atoms with van der Waals surface area (Å²) in [6.07, 6.45) is 3.54.